The Kier molecular flexibility index (Phi) is 6.74. The number of hydrogen-bond acceptors (Lipinski definition) is 6. The number of carbonyl (C=O) groups is 2. The molecule has 2 aromatic heterocycles. The summed E-state index contributed by atoms with van der Waals surface area (Å²) < 4.78 is 0. The summed E-state index contributed by atoms with van der Waals surface area (Å²) in [6.45, 7) is 8.75. The number of piperazine rings is 1. The zero-order valence-corrected chi connectivity index (χ0v) is 20.3. The fourth-order valence-corrected chi connectivity index (χ4v) is 4.62. The molecule has 3 heterocycles. The van der Waals surface area contributed by atoms with Crippen LogP contribution in [0.15, 0.2) is 47.8 Å². The van der Waals surface area contributed by atoms with Crippen LogP contribution in [0.2, 0.25) is 0 Å². The van der Waals surface area contributed by atoms with E-state index in [1.54, 1.807) is 24.1 Å². The van der Waals surface area contributed by atoms with E-state index in [4.69, 9.17) is 4.98 Å². The summed E-state index contributed by atoms with van der Waals surface area (Å²) >= 11 is 1.40. The third-order valence-electron chi connectivity index (χ3n) is 5.80. The van der Waals surface area contributed by atoms with Gasteiger partial charge in [0, 0.05) is 50.9 Å². The van der Waals surface area contributed by atoms with E-state index in [0.29, 0.717) is 42.3 Å². The van der Waals surface area contributed by atoms with Gasteiger partial charge in [-0.15, -0.1) is 11.3 Å². The first kappa shape index (κ1) is 22.9. The quantitative estimate of drug-likeness (QED) is 0.567. The Morgan fingerprint density at radius 2 is 1.76 bits per heavy atom. The molecule has 33 heavy (non-hydrogen) atoms. The number of anilines is 2. The minimum Gasteiger partial charge on any atom is -0.353 e. The Morgan fingerprint density at radius 1 is 1.03 bits per heavy atom. The topological polar surface area (TPSA) is 69.6 Å². The summed E-state index contributed by atoms with van der Waals surface area (Å²) in [5.41, 5.74) is 2.12. The maximum Gasteiger partial charge on any atom is 0.268 e. The van der Waals surface area contributed by atoms with Gasteiger partial charge in [0.2, 0.25) is 0 Å². The summed E-state index contributed by atoms with van der Waals surface area (Å²) in [5, 5.41) is 1.88. The number of thiophene rings is 1. The van der Waals surface area contributed by atoms with Crippen molar-refractivity contribution in [3.8, 4) is 0 Å². The largest absolute Gasteiger partial charge is 0.353 e. The summed E-state index contributed by atoms with van der Waals surface area (Å²) in [4.78, 5) is 41.8. The van der Waals surface area contributed by atoms with Crippen LogP contribution < -0.4 is 9.80 Å². The van der Waals surface area contributed by atoms with Crippen LogP contribution in [0.5, 0.6) is 0 Å². The van der Waals surface area contributed by atoms with Gasteiger partial charge in [0.15, 0.2) is 0 Å². The van der Waals surface area contributed by atoms with Gasteiger partial charge in [-0.1, -0.05) is 32.0 Å². The van der Waals surface area contributed by atoms with Crippen molar-refractivity contribution in [1.82, 2.24) is 14.9 Å². The highest BCUT2D eigenvalue weighted by atomic mass is 32.1. The zero-order chi connectivity index (χ0) is 23.5. The fourth-order valence-electron chi connectivity index (χ4n) is 3.93. The molecule has 0 aliphatic carbocycles. The van der Waals surface area contributed by atoms with Crippen molar-refractivity contribution < 1.29 is 9.59 Å². The summed E-state index contributed by atoms with van der Waals surface area (Å²) in [6.07, 6.45) is 0. The van der Waals surface area contributed by atoms with Crippen LogP contribution >= 0.6 is 11.3 Å². The normalized spacial score (nSPS) is 14.0. The molecule has 1 aliphatic heterocycles. The number of amides is 2. The molecule has 0 saturated carbocycles. The highest BCUT2D eigenvalue weighted by Gasteiger charge is 2.27. The van der Waals surface area contributed by atoms with Gasteiger partial charge in [-0.25, -0.2) is 9.97 Å². The number of nitrogens with zero attached hydrogens (tertiary/aromatic N) is 5. The molecular weight excluding hydrogens is 434 g/mol. The van der Waals surface area contributed by atoms with Crippen molar-refractivity contribution >= 4 is 34.7 Å². The van der Waals surface area contributed by atoms with Gasteiger partial charge >= 0.3 is 0 Å². The number of carbonyl (C=O) groups excluding carboxylic acids is 2. The lowest BCUT2D eigenvalue weighted by Crippen LogP contribution is -2.49. The van der Waals surface area contributed by atoms with Crippen LogP contribution in [0.1, 0.15) is 51.3 Å². The zero-order valence-electron chi connectivity index (χ0n) is 19.5. The number of benzene rings is 1. The van der Waals surface area contributed by atoms with E-state index in [0.717, 1.165) is 17.3 Å². The summed E-state index contributed by atoms with van der Waals surface area (Å²) in [7, 11) is 1.72. The maximum absolute atomic E-state index is 13.4. The molecule has 0 bridgehead atoms. The van der Waals surface area contributed by atoms with Gasteiger partial charge in [0.25, 0.3) is 11.8 Å². The van der Waals surface area contributed by atoms with Crippen LogP contribution in [0.4, 0.5) is 11.5 Å². The Morgan fingerprint density at radius 3 is 2.42 bits per heavy atom. The molecule has 1 aliphatic rings. The molecule has 0 N–H and O–H groups in total. The minimum absolute atomic E-state index is 0.0576. The molecule has 0 radical (unpaired) electrons. The van der Waals surface area contributed by atoms with Crippen LogP contribution in [-0.2, 0) is 0 Å². The number of para-hydroxylation sites is 1. The molecule has 0 unspecified atom stereocenters. The second-order valence-corrected chi connectivity index (χ2v) is 9.47. The van der Waals surface area contributed by atoms with Gasteiger partial charge in [-0.2, -0.15) is 0 Å². The van der Waals surface area contributed by atoms with Crippen molar-refractivity contribution in [2.75, 3.05) is 43.0 Å². The lowest BCUT2D eigenvalue weighted by Gasteiger charge is -2.36. The number of rotatable bonds is 5. The predicted octanol–water partition coefficient (Wildman–Crippen LogP) is 4.21. The lowest BCUT2D eigenvalue weighted by molar-refractivity contribution is 0.0747. The molecule has 4 rings (SSSR count). The van der Waals surface area contributed by atoms with E-state index in [2.05, 4.69) is 23.7 Å². The van der Waals surface area contributed by atoms with Crippen molar-refractivity contribution in [3.05, 3.63) is 69.8 Å². The maximum atomic E-state index is 13.4. The van der Waals surface area contributed by atoms with E-state index in [1.807, 2.05) is 47.5 Å². The molecular formula is C25H29N5O2S. The Labute approximate surface area is 198 Å². The highest BCUT2D eigenvalue weighted by molar-refractivity contribution is 7.12. The van der Waals surface area contributed by atoms with Crippen LogP contribution in [0.25, 0.3) is 0 Å². The Hall–Kier alpha value is -3.26. The average Bonchev–Trinajstić information content (AvgIpc) is 3.37. The molecule has 8 heteroatoms. The average molecular weight is 464 g/mol. The molecule has 1 aromatic carbocycles. The van der Waals surface area contributed by atoms with Crippen molar-refractivity contribution in [2.24, 2.45) is 0 Å². The van der Waals surface area contributed by atoms with Gasteiger partial charge in [0.1, 0.15) is 11.6 Å². The first-order valence-corrected chi connectivity index (χ1v) is 12.0. The third-order valence-corrected chi connectivity index (χ3v) is 6.66. The SMILES string of the molecule is Cc1cc(N2CCN(C(=O)c3ccccc3N(C)C(=O)c3cccs3)CC2)nc(C(C)C)n1. The smallest absolute Gasteiger partial charge is 0.268 e. The van der Waals surface area contributed by atoms with E-state index in [9.17, 15) is 9.59 Å². The van der Waals surface area contributed by atoms with Gasteiger partial charge in [-0.3, -0.25) is 9.59 Å². The standard InChI is InChI=1S/C25H29N5O2S/c1-17(2)23-26-18(3)16-22(27-23)29-11-13-30(14-12-29)24(31)19-8-5-6-9-20(19)28(4)25(32)21-10-7-15-33-21/h5-10,15-17H,11-14H2,1-4H3. The third kappa shape index (κ3) is 4.90. The molecule has 7 nitrogen and oxygen atoms in total. The summed E-state index contributed by atoms with van der Waals surface area (Å²) in [5.74, 6) is 1.85. The van der Waals surface area contributed by atoms with Crippen molar-refractivity contribution in [2.45, 2.75) is 26.7 Å². The first-order chi connectivity index (χ1) is 15.8. The first-order valence-electron chi connectivity index (χ1n) is 11.2. The van der Waals surface area contributed by atoms with Crippen molar-refractivity contribution in [1.29, 1.82) is 0 Å². The van der Waals surface area contributed by atoms with Gasteiger partial charge < -0.3 is 14.7 Å². The molecule has 172 valence electrons. The molecule has 0 spiro atoms. The molecule has 1 saturated heterocycles. The Bertz CT molecular complexity index is 1140. The van der Waals surface area contributed by atoms with Gasteiger partial charge in [0.05, 0.1) is 16.1 Å². The van der Waals surface area contributed by atoms with Gasteiger partial charge in [-0.05, 0) is 30.5 Å². The molecule has 2 amide bonds. The van der Waals surface area contributed by atoms with E-state index >= 15 is 0 Å². The van der Waals surface area contributed by atoms with Crippen molar-refractivity contribution in [3.63, 3.8) is 0 Å². The van der Waals surface area contributed by atoms with E-state index in [1.165, 1.54) is 11.3 Å². The highest BCUT2D eigenvalue weighted by Crippen LogP contribution is 2.25. The molecule has 0 atom stereocenters. The predicted molar refractivity (Wildman–Crippen MR) is 132 cm³/mol. The lowest BCUT2D eigenvalue weighted by atomic mass is 10.1. The molecule has 3 aromatic rings. The number of aryl methyl sites for hydroxylation is 1. The van der Waals surface area contributed by atoms with E-state index < -0.39 is 0 Å². The summed E-state index contributed by atoms with van der Waals surface area (Å²) in [6, 6.07) is 13.0. The van der Waals surface area contributed by atoms with Crippen LogP contribution in [0, 0.1) is 6.92 Å². The second-order valence-electron chi connectivity index (χ2n) is 8.52. The Balaban J connectivity index is 1.48. The van der Waals surface area contributed by atoms with E-state index in [-0.39, 0.29) is 17.7 Å². The van der Waals surface area contributed by atoms with Crippen LogP contribution in [0.3, 0.4) is 0 Å². The fraction of sp³-hybridized carbons (Fsp3) is 0.360. The minimum atomic E-state index is -0.116. The second kappa shape index (κ2) is 9.70. The number of aromatic nitrogens is 2. The monoisotopic (exact) mass is 463 g/mol. The molecule has 1 fully saturated rings. The number of hydrogen-bond donors (Lipinski definition) is 0. The van der Waals surface area contributed by atoms with Crippen LogP contribution in [-0.4, -0.2) is 59.9 Å².